The largest absolute Gasteiger partial charge is 0.497 e. The zero-order valence-electron chi connectivity index (χ0n) is 35.6. The summed E-state index contributed by atoms with van der Waals surface area (Å²) in [5, 5.41) is 23.0. The first-order valence-corrected chi connectivity index (χ1v) is 21.1. The number of hydrogen-bond donors (Lipinski definition) is 3. The highest BCUT2D eigenvalue weighted by molar-refractivity contribution is 5.97. The van der Waals surface area contributed by atoms with Gasteiger partial charge in [-0.3, -0.25) is 28.8 Å². The van der Waals surface area contributed by atoms with Gasteiger partial charge in [-0.05, 0) is 89.1 Å². The monoisotopic (exact) mass is 831 g/mol. The molecule has 1 saturated heterocycles. The zero-order valence-corrected chi connectivity index (χ0v) is 35.6. The minimum atomic E-state index is -0.922. The molecule has 1 saturated carbocycles. The lowest BCUT2D eigenvalue weighted by Gasteiger charge is -2.35. The van der Waals surface area contributed by atoms with Crippen LogP contribution in [0.15, 0.2) is 48.7 Å². The van der Waals surface area contributed by atoms with E-state index in [0.717, 1.165) is 50.5 Å². The van der Waals surface area contributed by atoms with Crippen LogP contribution in [-0.2, 0) is 38.6 Å². The normalized spacial score (nSPS) is 16.4. The topological polar surface area (TPSA) is 195 Å². The molecule has 0 radical (unpaired) electrons. The summed E-state index contributed by atoms with van der Waals surface area (Å²) in [5.41, 5.74) is 1.92. The molecule has 16 nitrogen and oxygen atoms in total. The van der Waals surface area contributed by atoms with Crippen LogP contribution >= 0.6 is 0 Å². The van der Waals surface area contributed by atoms with E-state index in [-0.39, 0.29) is 62.2 Å². The number of nitrogens with zero attached hydrogens (tertiary/aromatic N) is 5. The number of hydrogen-bond acceptors (Lipinski definition) is 10. The van der Waals surface area contributed by atoms with E-state index in [0.29, 0.717) is 54.4 Å². The molecule has 16 heteroatoms. The van der Waals surface area contributed by atoms with Crippen LogP contribution in [0.4, 0.5) is 4.79 Å². The summed E-state index contributed by atoms with van der Waals surface area (Å²) >= 11 is 0. The number of nitrogens with one attached hydrogen (secondary N) is 2. The predicted molar refractivity (Wildman–Crippen MR) is 223 cm³/mol. The van der Waals surface area contributed by atoms with Gasteiger partial charge in [-0.1, -0.05) is 36.6 Å². The molecule has 3 aromatic rings. The van der Waals surface area contributed by atoms with Gasteiger partial charge in [0.05, 0.1) is 38.9 Å². The minimum Gasteiger partial charge on any atom is -0.497 e. The van der Waals surface area contributed by atoms with Gasteiger partial charge in [-0.15, -0.1) is 5.10 Å². The fourth-order valence-electron chi connectivity index (χ4n) is 7.76. The van der Waals surface area contributed by atoms with Crippen LogP contribution in [0.5, 0.6) is 11.5 Å². The van der Waals surface area contributed by atoms with Crippen LogP contribution in [0.3, 0.4) is 0 Å². The van der Waals surface area contributed by atoms with Crippen molar-refractivity contribution in [3.8, 4) is 11.5 Å². The average molecular weight is 832 g/mol. The van der Waals surface area contributed by atoms with Crippen molar-refractivity contribution < 1.29 is 43.3 Å². The second kappa shape index (κ2) is 21.5. The molecule has 2 heterocycles. The maximum atomic E-state index is 14.0. The van der Waals surface area contributed by atoms with Gasteiger partial charge >= 0.3 is 12.1 Å². The van der Waals surface area contributed by atoms with E-state index in [9.17, 15) is 24.0 Å². The molecule has 1 aliphatic heterocycles. The van der Waals surface area contributed by atoms with Gasteiger partial charge in [0, 0.05) is 55.4 Å². The molecule has 3 N–H and O–H groups in total. The van der Waals surface area contributed by atoms with Crippen molar-refractivity contribution in [3.63, 3.8) is 0 Å². The number of likely N-dealkylation sites (tertiary alicyclic amines) is 1. The third kappa shape index (κ3) is 13.4. The molecule has 0 bridgehead atoms. The molecule has 5 rings (SSSR count). The quantitative estimate of drug-likeness (QED) is 0.150. The van der Waals surface area contributed by atoms with Crippen LogP contribution in [-0.4, -0.2) is 111 Å². The van der Waals surface area contributed by atoms with Crippen molar-refractivity contribution in [2.45, 2.75) is 116 Å². The number of carboxylic acids is 1. The summed E-state index contributed by atoms with van der Waals surface area (Å²) in [6, 6.07) is 12.0. The minimum absolute atomic E-state index is 0.00332. The Bertz CT molecular complexity index is 1940. The molecule has 2 fully saturated rings. The van der Waals surface area contributed by atoms with E-state index in [2.05, 4.69) is 20.9 Å². The Morgan fingerprint density at radius 3 is 2.52 bits per heavy atom. The van der Waals surface area contributed by atoms with Gasteiger partial charge in [0.1, 0.15) is 29.7 Å². The first kappa shape index (κ1) is 45.4. The Balaban J connectivity index is 1.23. The number of methoxy groups -OCH3 is 1. The number of carboxylic acid groups (broad SMARTS) is 1. The number of aromatic nitrogens is 3. The summed E-state index contributed by atoms with van der Waals surface area (Å²) in [6.07, 6.45) is 7.70. The summed E-state index contributed by atoms with van der Waals surface area (Å²) in [5.74, 6) is -0.615. The number of piperidine rings is 1. The molecular formula is C44H61N7O9. The van der Waals surface area contributed by atoms with E-state index in [4.69, 9.17) is 19.3 Å². The summed E-state index contributed by atoms with van der Waals surface area (Å²) in [7, 11) is 1.57. The summed E-state index contributed by atoms with van der Waals surface area (Å²) < 4.78 is 18.4. The average Bonchev–Trinajstić information content (AvgIpc) is 3.69. The number of ether oxygens (including phenoxy) is 3. The van der Waals surface area contributed by atoms with Crippen molar-refractivity contribution in [3.05, 3.63) is 71.0 Å². The van der Waals surface area contributed by atoms with Gasteiger partial charge in [-0.2, -0.15) is 0 Å². The van der Waals surface area contributed by atoms with E-state index in [1.807, 2.05) is 31.2 Å². The molecule has 1 unspecified atom stereocenters. The number of benzene rings is 2. The van der Waals surface area contributed by atoms with Crippen molar-refractivity contribution in [1.82, 2.24) is 35.4 Å². The Labute approximate surface area is 352 Å². The molecule has 60 heavy (non-hydrogen) atoms. The van der Waals surface area contributed by atoms with E-state index >= 15 is 0 Å². The van der Waals surface area contributed by atoms with Gasteiger partial charge in [0.15, 0.2) is 0 Å². The zero-order chi connectivity index (χ0) is 43.2. The van der Waals surface area contributed by atoms with Gasteiger partial charge in [0.2, 0.25) is 11.8 Å². The van der Waals surface area contributed by atoms with Crippen molar-refractivity contribution in [2.75, 3.05) is 39.9 Å². The van der Waals surface area contributed by atoms with Gasteiger partial charge < -0.3 is 34.9 Å². The number of carbonyl (C=O) groups is 5. The Hall–Kier alpha value is -5.67. The number of rotatable bonds is 18. The van der Waals surface area contributed by atoms with Crippen LogP contribution in [0.25, 0.3) is 0 Å². The lowest BCUT2D eigenvalue weighted by atomic mass is 9.83. The molecule has 2 aliphatic rings. The number of aryl methyl sites for hydroxylation is 1. The molecule has 4 amide bonds. The number of carbonyl (C=O) groups excluding carboxylic acids is 4. The molecule has 1 aromatic heterocycles. The lowest BCUT2D eigenvalue weighted by Crippen LogP contribution is -2.51. The smallest absolute Gasteiger partial charge is 0.411 e. The summed E-state index contributed by atoms with van der Waals surface area (Å²) in [6.45, 7) is 8.97. The molecular weight excluding hydrogens is 771 g/mol. The summed E-state index contributed by atoms with van der Waals surface area (Å²) in [4.78, 5) is 69.1. The maximum absolute atomic E-state index is 14.0. The number of aliphatic carboxylic acids is 1. The third-order valence-electron chi connectivity index (χ3n) is 10.8. The maximum Gasteiger partial charge on any atom is 0.411 e. The Morgan fingerprint density at radius 2 is 1.80 bits per heavy atom. The number of amides is 4. The fraction of sp³-hybridized carbons (Fsp3) is 0.568. The van der Waals surface area contributed by atoms with Crippen molar-refractivity contribution >= 4 is 29.8 Å². The van der Waals surface area contributed by atoms with Gasteiger partial charge in [-0.25, -0.2) is 4.79 Å². The van der Waals surface area contributed by atoms with Crippen LogP contribution < -0.4 is 20.1 Å². The highest BCUT2D eigenvalue weighted by Gasteiger charge is 2.33. The van der Waals surface area contributed by atoms with E-state index in [1.165, 1.54) is 9.58 Å². The molecule has 326 valence electrons. The van der Waals surface area contributed by atoms with Crippen LogP contribution in [0.1, 0.15) is 112 Å². The first-order chi connectivity index (χ1) is 28.7. The second-order valence-electron chi connectivity index (χ2n) is 16.6. The van der Waals surface area contributed by atoms with E-state index in [1.54, 1.807) is 57.2 Å². The molecule has 1 aliphatic carbocycles. The Morgan fingerprint density at radius 1 is 1.02 bits per heavy atom. The van der Waals surface area contributed by atoms with Crippen LogP contribution in [0.2, 0.25) is 0 Å². The third-order valence-corrected chi connectivity index (χ3v) is 10.8. The van der Waals surface area contributed by atoms with Crippen LogP contribution in [0, 0.1) is 5.92 Å². The molecule has 2 atom stereocenters. The highest BCUT2D eigenvalue weighted by Crippen LogP contribution is 2.31. The van der Waals surface area contributed by atoms with Gasteiger partial charge in [0.25, 0.3) is 5.91 Å². The fourth-order valence-corrected chi connectivity index (χ4v) is 7.76. The SMILES string of the molecule is CCOc1cc(OC)ccc1CN(CC(=O)N1CCCC(c2cccc(C(=O)N[C@@H](C(=O)NCCc3cn(CCC(=O)O)nn3)C3CCCCC3)c2)C1)C(=O)OC(C)(C)C. The molecule has 2 aromatic carbocycles. The van der Waals surface area contributed by atoms with Crippen molar-refractivity contribution in [1.29, 1.82) is 0 Å². The standard InChI is InChI=1S/C44H61N7O9/c1-6-59-37-25-36(58-5)18-17-34(37)27-50(43(57)60-44(2,3)4)29-38(52)49-22-11-16-33(26-49)31-14-10-15-32(24-31)41(55)46-40(30-12-8-7-9-13-30)42(56)45-21-19-35-28-51(48-47-35)23-20-39(53)54/h10,14-15,17-18,24-25,28,30,33,40H,6-9,11-13,16,19-23,26-27,29H2,1-5H3,(H,45,56)(H,46,55)(H,53,54)/t33?,40-/m1/s1. The van der Waals surface area contributed by atoms with E-state index < -0.39 is 23.7 Å². The highest BCUT2D eigenvalue weighted by atomic mass is 16.6. The van der Waals surface area contributed by atoms with Crippen molar-refractivity contribution in [2.24, 2.45) is 5.92 Å². The first-order valence-electron chi connectivity index (χ1n) is 21.1. The second-order valence-corrected chi connectivity index (χ2v) is 16.6. The Kier molecular flexibility index (Phi) is 16.3. The predicted octanol–water partition coefficient (Wildman–Crippen LogP) is 5.34. The molecule has 0 spiro atoms. The lowest BCUT2D eigenvalue weighted by molar-refractivity contribution is -0.137.